The standard InChI is InChI=1S/C31H30BrN2O3P/c1-5-34-28-12-7-6-11-26(28)27-20-25(17-18-29(27)34)38(31(2,3)4,37-24-15-13-22(32)14-16-24)33-23-10-8-9-21(19-23)30(35)36/h6-20H,5H2,1-4H3,(H,35,36). The van der Waals surface area contributed by atoms with Gasteiger partial charge in [-0.3, -0.25) is 0 Å². The summed E-state index contributed by atoms with van der Waals surface area (Å²) < 4.78 is 15.6. The van der Waals surface area contributed by atoms with Gasteiger partial charge in [-0.05, 0) is 73.7 Å². The smallest absolute Gasteiger partial charge is 0.335 e. The zero-order chi connectivity index (χ0) is 27.1. The zero-order valence-electron chi connectivity index (χ0n) is 21.9. The van der Waals surface area contributed by atoms with Crippen LogP contribution in [0.5, 0.6) is 5.75 Å². The van der Waals surface area contributed by atoms with E-state index in [2.05, 4.69) is 90.7 Å². The largest absolute Gasteiger partial charge is 0.478 e. The van der Waals surface area contributed by atoms with Crippen molar-refractivity contribution in [1.82, 2.24) is 4.57 Å². The maximum atomic E-state index is 11.7. The van der Waals surface area contributed by atoms with Crippen LogP contribution in [0.25, 0.3) is 21.8 Å². The highest BCUT2D eigenvalue weighted by atomic mass is 79.9. The Kier molecular flexibility index (Phi) is 6.97. The number of aryl methyl sites for hydroxylation is 1. The number of carbonyl (C=O) groups is 1. The summed E-state index contributed by atoms with van der Waals surface area (Å²) in [4.78, 5) is 11.7. The molecule has 7 heteroatoms. The minimum atomic E-state index is -2.82. The number of aromatic nitrogens is 1. The van der Waals surface area contributed by atoms with E-state index in [0.717, 1.165) is 21.7 Å². The SMILES string of the molecule is CCn1c2ccccc2c2cc(P(=Nc3cccc(C(=O)O)c3)(Oc3ccc(Br)cc3)C(C)(C)C)ccc21. The zero-order valence-corrected chi connectivity index (χ0v) is 24.3. The molecule has 0 fully saturated rings. The lowest BCUT2D eigenvalue weighted by Crippen LogP contribution is -2.27. The molecular weight excluding hydrogens is 559 g/mol. The summed E-state index contributed by atoms with van der Waals surface area (Å²) in [5.41, 5.74) is 3.15. The van der Waals surface area contributed by atoms with Crippen molar-refractivity contribution in [1.29, 1.82) is 0 Å². The van der Waals surface area contributed by atoms with E-state index in [1.807, 2.05) is 30.3 Å². The third kappa shape index (κ3) is 4.68. The number of hydrogen-bond donors (Lipinski definition) is 1. The summed E-state index contributed by atoms with van der Waals surface area (Å²) in [6.07, 6.45) is 0. The molecule has 0 aliphatic carbocycles. The number of para-hydroxylation sites is 1. The molecule has 0 aliphatic rings. The van der Waals surface area contributed by atoms with Crippen LogP contribution in [0.15, 0.2) is 100 Å². The van der Waals surface area contributed by atoms with E-state index >= 15 is 0 Å². The lowest BCUT2D eigenvalue weighted by atomic mass is 10.1. The molecule has 0 bridgehead atoms. The number of rotatable bonds is 6. The molecule has 0 saturated heterocycles. The van der Waals surface area contributed by atoms with Gasteiger partial charge < -0.3 is 14.2 Å². The highest BCUT2D eigenvalue weighted by molar-refractivity contribution is 9.10. The molecule has 1 aromatic heterocycles. The van der Waals surface area contributed by atoms with Crippen molar-refractivity contribution in [2.75, 3.05) is 0 Å². The van der Waals surface area contributed by atoms with Crippen LogP contribution in [0.1, 0.15) is 38.1 Å². The van der Waals surface area contributed by atoms with Crippen molar-refractivity contribution in [3.05, 3.63) is 101 Å². The molecule has 0 spiro atoms. The molecular formula is C31H30BrN2O3P. The first-order chi connectivity index (χ1) is 18.1. The Morgan fingerprint density at radius 2 is 1.63 bits per heavy atom. The van der Waals surface area contributed by atoms with Gasteiger partial charge in [0.2, 0.25) is 0 Å². The number of aromatic carboxylic acids is 1. The summed E-state index contributed by atoms with van der Waals surface area (Å²) in [5, 5.41) is 12.6. The monoisotopic (exact) mass is 588 g/mol. The fourth-order valence-electron chi connectivity index (χ4n) is 4.89. The molecule has 38 heavy (non-hydrogen) atoms. The second-order valence-corrected chi connectivity index (χ2v) is 14.5. The number of benzene rings is 4. The summed E-state index contributed by atoms with van der Waals surface area (Å²) >= 11 is 3.52. The Bertz CT molecular complexity index is 1720. The first kappa shape index (κ1) is 26.3. The molecule has 1 unspecified atom stereocenters. The summed E-state index contributed by atoms with van der Waals surface area (Å²) in [7, 11) is -2.82. The summed E-state index contributed by atoms with van der Waals surface area (Å²) in [5.74, 6) is -0.268. The minimum Gasteiger partial charge on any atom is -0.478 e. The highest BCUT2D eigenvalue weighted by Gasteiger charge is 2.39. The molecule has 4 aromatic carbocycles. The second-order valence-electron chi connectivity index (χ2n) is 10.2. The minimum absolute atomic E-state index is 0.198. The van der Waals surface area contributed by atoms with Crippen LogP contribution in [0, 0.1) is 0 Å². The average molecular weight is 589 g/mol. The predicted molar refractivity (Wildman–Crippen MR) is 162 cm³/mol. The summed E-state index contributed by atoms with van der Waals surface area (Å²) in [6, 6.07) is 29.6. The van der Waals surface area contributed by atoms with Crippen LogP contribution in [-0.4, -0.2) is 20.8 Å². The average Bonchev–Trinajstić information content (AvgIpc) is 3.22. The maximum absolute atomic E-state index is 11.7. The van der Waals surface area contributed by atoms with E-state index in [4.69, 9.17) is 9.27 Å². The Labute approximate surface area is 231 Å². The second kappa shape index (κ2) is 10.1. The number of carboxylic acids is 1. The van der Waals surface area contributed by atoms with E-state index in [9.17, 15) is 9.90 Å². The van der Waals surface area contributed by atoms with Crippen molar-refractivity contribution < 1.29 is 14.4 Å². The van der Waals surface area contributed by atoms with E-state index in [-0.39, 0.29) is 5.56 Å². The molecule has 5 rings (SSSR count). The highest BCUT2D eigenvalue weighted by Crippen LogP contribution is 2.62. The maximum Gasteiger partial charge on any atom is 0.335 e. The van der Waals surface area contributed by atoms with Gasteiger partial charge in [-0.1, -0.05) is 61.0 Å². The molecule has 1 N–H and O–H groups in total. The number of carboxylic acid groups (broad SMARTS) is 1. The first-order valence-electron chi connectivity index (χ1n) is 12.6. The molecule has 0 radical (unpaired) electrons. The van der Waals surface area contributed by atoms with E-state index in [0.29, 0.717) is 11.4 Å². The quantitative estimate of drug-likeness (QED) is 0.201. The van der Waals surface area contributed by atoms with Crippen LogP contribution in [0.4, 0.5) is 5.69 Å². The van der Waals surface area contributed by atoms with Crippen molar-refractivity contribution in [3.63, 3.8) is 0 Å². The fraction of sp³-hybridized carbons (Fsp3) is 0.194. The predicted octanol–water partition coefficient (Wildman–Crippen LogP) is 9.23. The van der Waals surface area contributed by atoms with Gasteiger partial charge in [0.15, 0.2) is 7.28 Å². The third-order valence-corrected chi connectivity index (χ3v) is 11.0. The lowest BCUT2D eigenvalue weighted by Gasteiger charge is -2.37. The van der Waals surface area contributed by atoms with Gasteiger partial charge in [-0.2, -0.15) is 0 Å². The van der Waals surface area contributed by atoms with Gasteiger partial charge in [-0.15, -0.1) is 0 Å². The first-order valence-corrected chi connectivity index (χ1v) is 15.0. The van der Waals surface area contributed by atoms with Gasteiger partial charge in [0.1, 0.15) is 5.75 Å². The molecule has 5 aromatic rings. The fourth-order valence-corrected chi connectivity index (χ4v) is 8.22. The molecule has 1 atom stereocenters. The van der Waals surface area contributed by atoms with Crippen LogP contribution in [0.3, 0.4) is 0 Å². The van der Waals surface area contributed by atoms with Crippen LogP contribution >= 0.6 is 23.2 Å². The van der Waals surface area contributed by atoms with Crippen molar-refractivity contribution >= 4 is 62.0 Å². The molecule has 0 saturated carbocycles. The van der Waals surface area contributed by atoms with Gasteiger partial charge >= 0.3 is 5.97 Å². The van der Waals surface area contributed by atoms with Crippen LogP contribution < -0.4 is 9.83 Å². The number of fused-ring (bicyclic) bond motifs is 3. The van der Waals surface area contributed by atoms with E-state index < -0.39 is 18.4 Å². The lowest BCUT2D eigenvalue weighted by molar-refractivity contribution is 0.0697. The topological polar surface area (TPSA) is 63.8 Å². The number of halogens is 1. The number of nitrogens with zero attached hydrogens (tertiary/aromatic N) is 2. The normalized spacial score (nSPS) is 13.4. The van der Waals surface area contributed by atoms with Gasteiger partial charge in [0.25, 0.3) is 0 Å². The Hall–Kier alpha value is -3.34. The molecule has 1 heterocycles. The van der Waals surface area contributed by atoms with Crippen molar-refractivity contribution in [2.45, 2.75) is 39.4 Å². The Morgan fingerprint density at radius 3 is 2.32 bits per heavy atom. The van der Waals surface area contributed by atoms with E-state index in [1.54, 1.807) is 18.2 Å². The van der Waals surface area contributed by atoms with Gasteiger partial charge in [0.05, 0.1) is 11.3 Å². The summed E-state index contributed by atoms with van der Waals surface area (Å²) in [6.45, 7) is 9.45. The molecule has 0 aliphatic heterocycles. The van der Waals surface area contributed by atoms with Crippen LogP contribution in [0.2, 0.25) is 0 Å². The van der Waals surface area contributed by atoms with Crippen LogP contribution in [-0.2, 0) is 6.54 Å². The molecule has 0 amide bonds. The van der Waals surface area contributed by atoms with Crippen molar-refractivity contribution in [2.24, 2.45) is 4.74 Å². The Morgan fingerprint density at radius 1 is 0.921 bits per heavy atom. The Balaban J connectivity index is 1.84. The van der Waals surface area contributed by atoms with Crippen molar-refractivity contribution in [3.8, 4) is 5.75 Å². The molecule has 194 valence electrons. The number of hydrogen-bond acceptors (Lipinski definition) is 3. The molecule has 5 nitrogen and oxygen atoms in total. The van der Waals surface area contributed by atoms with E-state index in [1.165, 1.54) is 16.4 Å². The third-order valence-electron chi connectivity index (χ3n) is 6.73. The van der Waals surface area contributed by atoms with Gasteiger partial charge in [0, 0.05) is 43.3 Å². The van der Waals surface area contributed by atoms with Gasteiger partial charge in [-0.25, -0.2) is 9.54 Å².